The van der Waals surface area contributed by atoms with Gasteiger partial charge in [0, 0.05) is 30.9 Å². The zero-order valence-electron chi connectivity index (χ0n) is 15.6. The molecule has 0 bridgehead atoms. The highest BCUT2D eigenvalue weighted by Gasteiger charge is 2.36. The SMILES string of the molecule is Cc1cc(=O)c(C(=O)N2CCC(N)C(C)(C)C2)nn1-c1ccccc1F.Cl. The summed E-state index contributed by atoms with van der Waals surface area (Å²) < 4.78 is 15.4. The van der Waals surface area contributed by atoms with E-state index in [-0.39, 0.29) is 35.2 Å². The first kappa shape index (κ1) is 21.1. The number of piperidine rings is 1. The minimum atomic E-state index is -0.477. The third-order valence-corrected chi connectivity index (χ3v) is 4.99. The fourth-order valence-electron chi connectivity index (χ4n) is 3.26. The summed E-state index contributed by atoms with van der Waals surface area (Å²) in [7, 11) is 0. The van der Waals surface area contributed by atoms with E-state index in [1.807, 2.05) is 13.8 Å². The van der Waals surface area contributed by atoms with Crippen LogP contribution in [-0.2, 0) is 0 Å². The van der Waals surface area contributed by atoms with E-state index in [9.17, 15) is 14.0 Å². The van der Waals surface area contributed by atoms with Crippen LogP contribution in [-0.4, -0.2) is 39.7 Å². The van der Waals surface area contributed by atoms with Crippen molar-refractivity contribution in [1.82, 2.24) is 14.7 Å². The van der Waals surface area contributed by atoms with Crippen molar-refractivity contribution < 1.29 is 9.18 Å². The van der Waals surface area contributed by atoms with Crippen molar-refractivity contribution in [3.8, 4) is 5.69 Å². The van der Waals surface area contributed by atoms with Gasteiger partial charge >= 0.3 is 0 Å². The predicted octanol–water partition coefficient (Wildman–Crippen LogP) is 2.30. The molecule has 0 saturated carbocycles. The molecule has 1 aromatic carbocycles. The van der Waals surface area contributed by atoms with Crippen molar-refractivity contribution >= 4 is 18.3 Å². The highest BCUT2D eigenvalue weighted by atomic mass is 35.5. The van der Waals surface area contributed by atoms with Gasteiger partial charge in [0.1, 0.15) is 11.5 Å². The van der Waals surface area contributed by atoms with Gasteiger partial charge in [0.05, 0.1) is 0 Å². The lowest BCUT2D eigenvalue weighted by atomic mass is 9.79. The first-order valence-corrected chi connectivity index (χ1v) is 8.61. The minimum absolute atomic E-state index is 0. The highest BCUT2D eigenvalue weighted by molar-refractivity contribution is 5.92. The fraction of sp³-hybridized carbons (Fsp3) is 0.421. The Bertz CT molecular complexity index is 913. The molecule has 27 heavy (non-hydrogen) atoms. The molecule has 1 aliphatic heterocycles. The Morgan fingerprint density at radius 1 is 1.33 bits per heavy atom. The van der Waals surface area contributed by atoms with Crippen LogP contribution in [0.2, 0.25) is 0 Å². The average Bonchev–Trinajstić information content (AvgIpc) is 2.58. The van der Waals surface area contributed by atoms with Gasteiger partial charge in [-0.2, -0.15) is 5.10 Å². The number of carbonyl (C=O) groups excluding carboxylic acids is 1. The molecule has 1 fully saturated rings. The molecule has 0 spiro atoms. The smallest absolute Gasteiger partial charge is 0.278 e. The van der Waals surface area contributed by atoms with Gasteiger partial charge in [-0.05, 0) is 30.9 Å². The summed E-state index contributed by atoms with van der Waals surface area (Å²) in [5, 5.41) is 4.19. The molecule has 1 saturated heterocycles. The van der Waals surface area contributed by atoms with Crippen LogP contribution in [0.25, 0.3) is 5.69 Å². The van der Waals surface area contributed by atoms with Gasteiger partial charge in [-0.1, -0.05) is 26.0 Å². The Kier molecular flexibility index (Phi) is 6.07. The van der Waals surface area contributed by atoms with Gasteiger partial charge in [-0.25, -0.2) is 9.07 Å². The number of hydrogen-bond acceptors (Lipinski definition) is 4. The summed E-state index contributed by atoms with van der Waals surface area (Å²) in [5.41, 5.74) is 5.85. The summed E-state index contributed by atoms with van der Waals surface area (Å²) in [6, 6.07) is 7.41. The molecular weight excluding hydrogens is 371 g/mol. The summed E-state index contributed by atoms with van der Waals surface area (Å²) in [4.78, 5) is 26.9. The topological polar surface area (TPSA) is 81.2 Å². The number of nitrogens with zero attached hydrogens (tertiary/aromatic N) is 3. The lowest BCUT2D eigenvalue weighted by Crippen LogP contribution is -2.54. The van der Waals surface area contributed by atoms with Crippen molar-refractivity contribution in [1.29, 1.82) is 0 Å². The maximum absolute atomic E-state index is 14.1. The molecule has 1 aromatic heterocycles. The highest BCUT2D eigenvalue weighted by Crippen LogP contribution is 2.28. The summed E-state index contributed by atoms with van der Waals surface area (Å²) in [5.74, 6) is -0.921. The number of likely N-dealkylation sites (tertiary alicyclic amines) is 1. The van der Waals surface area contributed by atoms with Crippen LogP contribution < -0.4 is 11.2 Å². The first-order valence-electron chi connectivity index (χ1n) is 8.61. The van der Waals surface area contributed by atoms with E-state index < -0.39 is 17.2 Å². The van der Waals surface area contributed by atoms with Crippen molar-refractivity contribution in [3.63, 3.8) is 0 Å². The molecule has 8 heteroatoms. The van der Waals surface area contributed by atoms with Crippen LogP contribution in [0.5, 0.6) is 0 Å². The normalized spacial score (nSPS) is 18.7. The Labute approximate surface area is 163 Å². The number of aryl methyl sites for hydroxylation is 1. The van der Waals surface area contributed by atoms with Gasteiger partial charge in [0.25, 0.3) is 5.91 Å². The molecule has 1 aliphatic rings. The molecule has 2 heterocycles. The Morgan fingerprint density at radius 3 is 2.63 bits per heavy atom. The summed E-state index contributed by atoms with van der Waals surface area (Å²) >= 11 is 0. The lowest BCUT2D eigenvalue weighted by molar-refractivity contribution is 0.0524. The molecule has 1 atom stereocenters. The van der Waals surface area contributed by atoms with E-state index in [0.717, 1.165) is 0 Å². The molecule has 0 aliphatic carbocycles. The molecule has 3 rings (SSSR count). The number of benzene rings is 1. The molecule has 1 unspecified atom stereocenters. The second-order valence-electron chi connectivity index (χ2n) is 7.47. The number of nitrogens with two attached hydrogens (primary N) is 1. The third kappa shape index (κ3) is 4.04. The number of hydrogen-bond donors (Lipinski definition) is 1. The van der Waals surface area contributed by atoms with Crippen molar-refractivity contribution in [2.24, 2.45) is 11.1 Å². The second kappa shape index (κ2) is 7.78. The molecule has 2 N–H and O–H groups in total. The summed E-state index contributed by atoms with van der Waals surface area (Å²) in [6.45, 7) is 6.56. The van der Waals surface area contributed by atoms with Crippen molar-refractivity contribution in [3.05, 3.63) is 57.8 Å². The van der Waals surface area contributed by atoms with E-state index in [0.29, 0.717) is 25.2 Å². The van der Waals surface area contributed by atoms with Crippen LogP contribution in [0.15, 0.2) is 35.1 Å². The molecule has 6 nitrogen and oxygen atoms in total. The van der Waals surface area contributed by atoms with E-state index >= 15 is 0 Å². The number of para-hydroxylation sites is 1. The Hall–Kier alpha value is -2.25. The maximum Gasteiger partial charge on any atom is 0.278 e. The van der Waals surface area contributed by atoms with Crippen LogP contribution in [0, 0.1) is 18.2 Å². The number of rotatable bonds is 2. The minimum Gasteiger partial charge on any atom is -0.336 e. The van der Waals surface area contributed by atoms with Crippen LogP contribution in [0.4, 0.5) is 4.39 Å². The molecule has 0 radical (unpaired) electrons. The van der Waals surface area contributed by atoms with E-state index in [2.05, 4.69) is 5.10 Å². The number of aromatic nitrogens is 2. The van der Waals surface area contributed by atoms with Gasteiger partial charge in [0.2, 0.25) is 5.43 Å². The van der Waals surface area contributed by atoms with Crippen LogP contribution in [0.3, 0.4) is 0 Å². The van der Waals surface area contributed by atoms with Gasteiger partial charge in [0.15, 0.2) is 5.69 Å². The molecule has 146 valence electrons. The summed E-state index contributed by atoms with van der Waals surface area (Å²) in [6.07, 6.45) is 0.659. The lowest BCUT2D eigenvalue weighted by Gasteiger charge is -2.42. The third-order valence-electron chi connectivity index (χ3n) is 4.99. The van der Waals surface area contributed by atoms with E-state index in [1.54, 1.807) is 30.0 Å². The first-order chi connectivity index (χ1) is 12.2. The largest absolute Gasteiger partial charge is 0.336 e. The Balaban J connectivity index is 0.00000261. The number of amides is 1. The van der Waals surface area contributed by atoms with Crippen LogP contribution in [0.1, 0.15) is 36.5 Å². The molecular formula is C19H24ClFN4O2. The van der Waals surface area contributed by atoms with Gasteiger partial charge in [-0.3, -0.25) is 9.59 Å². The Morgan fingerprint density at radius 2 is 2.00 bits per heavy atom. The average molecular weight is 395 g/mol. The van der Waals surface area contributed by atoms with Crippen molar-refractivity contribution in [2.75, 3.05) is 13.1 Å². The predicted molar refractivity (Wildman–Crippen MR) is 104 cm³/mol. The van der Waals surface area contributed by atoms with Gasteiger partial charge in [-0.15, -0.1) is 12.4 Å². The van der Waals surface area contributed by atoms with E-state index in [4.69, 9.17) is 5.73 Å². The quantitative estimate of drug-likeness (QED) is 0.847. The van der Waals surface area contributed by atoms with E-state index in [1.165, 1.54) is 16.8 Å². The monoisotopic (exact) mass is 394 g/mol. The number of carbonyl (C=O) groups is 1. The zero-order valence-corrected chi connectivity index (χ0v) is 16.4. The maximum atomic E-state index is 14.1. The number of halogens is 2. The zero-order chi connectivity index (χ0) is 19.1. The fourth-order valence-corrected chi connectivity index (χ4v) is 3.26. The van der Waals surface area contributed by atoms with Gasteiger partial charge < -0.3 is 10.6 Å². The molecule has 1 amide bonds. The van der Waals surface area contributed by atoms with Crippen LogP contribution >= 0.6 is 12.4 Å². The standard InChI is InChI=1S/C19H23FN4O2.ClH/c1-12-10-15(25)17(22-24(12)14-7-5-4-6-13(14)20)18(26)23-9-8-16(21)19(2,3)11-23;/h4-7,10,16H,8-9,11,21H2,1-3H3;1H. The molecule has 2 aromatic rings. The second-order valence-corrected chi connectivity index (χ2v) is 7.47. The van der Waals surface area contributed by atoms with Crippen molar-refractivity contribution in [2.45, 2.75) is 33.2 Å².